The van der Waals surface area contributed by atoms with E-state index in [2.05, 4.69) is 34.4 Å². The van der Waals surface area contributed by atoms with E-state index in [-0.39, 0.29) is 30.5 Å². The zero-order valence-electron chi connectivity index (χ0n) is 14.2. The number of aliphatic imine (C=N–C) groups is 1. The van der Waals surface area contributed by atoms with E-state index >= 15 is 0 Å². The van der Waals surface area contributed by atoms with E-state index in [9.17, 15) is 13.2 Å². The molecule has 0 aromatic rings. The van der Waals surface area contributed by atoms with Crippen LogP contribution < -0.4 is 10.6 Å². The molecule has 0 bridgehead atoms. The summed E-state index contributed by atoms with van der Waals surface area (Å²) in [5.74, 6) is 0.461. The minimum absolute atomic E-state index is 0. The molecule has 23 heavy (non-hydrogen) atoms. The smallest absolute Gasteiger partial charge is 0.357 e. The lowest BCUT2D eigenvalue weighted by Gasteiger charge is -2.37. The molecule has 2 unspecified atom stereocenters. The lowest BCUT2D eigenvalue weighted by atomic mass is 10.0. The van der Waals surface area contributed by atoms with Crippen LogP contribution in [0.3, 0.4) is 0 Å². The normalized spacial score (nSPS) is 21.5. The van der Waals surface area contributed by atoms with Crippen LogP contribution in [0.1, 0.15) is 46.5 Å². The van der Waals surface area contributed by atoms with Crippen LogP contribution >= 0.6 is 24.0 Å². The summed E-state index contributed by atoms with van der Waals surface area (Å²) in [6, 6.07) is 0.855. The summed E-state index contributed by atoms with van der Waals surface area (Å²) in [5.41, 5.74) is 0. The minimum atomic E-state index is -4.14. The lowest BCUT2D eigenvalue weighted by molar-refractivity contribution is -0.132. The summed E-state index contributed by atoms with van der Waals surface area (Å²) < 4.78 is 36.6. The highest BCUT2D eigenvalue weighted by Gasteiger charge is 2.26. The molecule has 1 heterocycles. The van der Waals surface area contributed by atoms with Crippen LogP contribution in [-0.2, 0) is 0 Å². The fraction of sp³-hybridized carbons (Fsp3) is 0.933. The van der Waals surface area contributed by atoms with E-state index < -0.39 is 12.6 Å². The number of nitrogens with one attached hydrogen (secondary N) is 2. The lowest BCUT2D eigenvalue weighted by Crippen LogP contribution is -2.46. The first kappa shape index (κ1) is 22.8. The number of guanidine groups is 1. The maximum Gasteiger partial charge on any atom is 0.390 e. The van der Waals surface area contributed by atoms with Crippen molar-refractivity contribution >= 4 is 29.9 Å². The summed E-state index contributed by atoms with van der Waals surface area (Å²) in [6.07, 6.45) is -1.30. The van der Waals surface area contributed by atoms with Gasteiger partial charge in [-0.2, -0.15) is 13.2 Å². The maximum absolute atomic E-state index is 12.2. The molecule has 2 atom stereocenters. The molecular weight excluding hydrogens is 420 g/mol. The SMILES string of the molecule is CCNC(=NCC(C)N1CCCCC1C)NCCC(F)(F)F.I. The third kappa shape index (κ3) is 9.59. The Kier molecular flexibility index (Phi) is 11.2. The van der Waals surface area contributed by atoms with Gasteiger partial charge < -0.3 is 10.6 Å². The largest absolute Gasteiger partial charge is 0.390 e. The Hall–Kier alpha value is -0.250. The highest BCUT2D eigenvalue weighted by atomic mass is 127. The van der Waals surface area contributed by atoms with Crippen molar-refractivity contribution in [1.82, 2.24) is 15.5 Å². The summed E-state index contributed by atoms with van der Waals surface area (Å²) in [5, 5.41) is 5.74. The van der Waals surface area contributed by atoms with Gasteiger partial charge in [0.25, 0.3) is 0 Å². The Bertz CT molecular complexity index is 350. The van der Waals surface area contributed by atoms with E-state index in [0.29, 0.717) is 31.1 Å². The van der Waals surface area contributed by atoms with Gasteiger partial charge in [0.2, 0.25) is 0 Å². The standard InChI is InChI=1S/C15H29F3N4.HI/c1-4-19-14(20-9-8-15(16,17)18)21-11-13(3)22-10-6-5-7-12(22)2;/h12-13H,4-11H2,1-3H3,(H2,19,20,21);1H. The zero-order valence-corrected chi connectivity index (χ0v) is 16.6. The first-order valence-corrected chi connectivity index (χ1v) is 8.18. The molecule has 0 radical (unpaired) electrons. The third-order valence-corrected chi connectivity index (χ3v) is 3.98. The maximum atomic E-state index is 12.2. The molecule has 0 aromatic carbocycles. The van der Waals surface area contributed by atoms with Crippen LogP contribution in [-0.4, -0.2) is 55.3 Å². The van der Waals surface area contributed by atoms with Crippen molar-refractivity contribution in [3.8, 4) is 0 Å². The second-order valence-electron chi connectivity index (χ2n) is 5.94. The Morgan fingerprint density at radius 2 is 2.00 bits per heavy atom. The van der Waals surface area contributed by atoms with Crippen molar-refractivity contribution < 1.29 is 13.2 Å². The number of hydrogen-bond acceptors (Lipinski definition) is 2. The van der Waals surface area contributed by atoms with E-state index in [4.69, 9.17) is 0 Å². The average molecular weight is 450 g/mol. The monoisotopic (exact) mass is 450 g/mol. The molecule has 1 aliphatic rings. The number of hydrogen-bond donors (Lipinski definition) is 2. The fourth-order valence-electron chi connectivity index (χ4n) is 2.77. The van der Waals surface area contributed by atoms with Crippen LogP contribution in [0.5, 0.6) is 0 Å². The molecule has 0 amide bonds. The van der Waals surface area contributed by atoms with E-state index in [1.165, 1.54) is 19.3 Å². The van der Waals surface area contributed by atoms with Gasteiger partial charge in [-0.05, 0) is 40.2 Å². The molecule has 1 aliphatic heterocycles. The van der Waals surface area contributed by atoms with Crippen LogP contribution in [0.4, 0.5) is 13.2 Å². The van der Waals surface area contributed by atoms with Crippen molar-refractivity contribution in [2.75, 3.05) is 26.2 Å². The fourth-order valence-corrected chi connectivity index (χ4v) is 2.77. The predicted octanol–water partition coefficient (Wildman–Crippen LogP) is 3.37. The number of piperidine rings is 1. The molecule has 0 saturated carbocycles. The molecule has 138 valence electrons. The topological polar surface area (TPSA) is 39.7 Å². The van der Waals surface area contributed by atoms with Gasteiger partial charge in [0.15, 0.2) is 5.96 Å². The van der Waals surface area contributed by atoms with Crippen LogP contribution in [0.15, 0.2) is 4.99 Å². The number of rotatable bonds is 6. The molecule has 2 N–H and O–H groups in total. The molecule has 0 aromatic heterocycles. The van der Waals surface area contributed by atoms with Crippen molar-refractivity contribution in [3.05, 3.63) is 0 Å². The second kappa shape index (κ2) is 11.3. The summed E-state index contributed by atoms with van der Waals surface area (Å²) >= 11 is 0. The number of alkyl halides is 3. The van der Waals surface area contributed by atoms with Gasteiger partial charge in [0, 0.05) is 25.2 Å². The molecule has 0 aliphatic carbocycles. The highest BCUT2D eigenvalue weighted by molar-refractivity contribution is 14.0. The summed E-state index contributed by atoms with van der Waals surface area (Å²) in [6.45, 7) is 8.41. The van der Waals surface area contributed by atoms with E-state index in [0.717, 1.165) is 6.54 Å². The number of nitrogens with zero attached hydrogens (tertiary/aromatic N) is 2. The molecule has 4 nitrogen and oxygen atoms in total. The Morgan fingerprint density at radius 1 is 1.30 bits per heavy atom. The molecule has 1 saturated heterocycles. The molecule has 1 fully saturated rings. The van der Waals surface area contributed by atoms with Gasteiger partial charge >= 0.3 is 6.18 Å². The predicted molar refractivity (Wildman–Crippen MR) is 99.5 cm³/mol. The Balaban J connectivity index is 0.00000484. The summed E-state index contributed by atoms with van der Waals surface area (Å²) in [7, 11) is 0. The molecular formula is C15H30F3IN4. The Labute approximate surface area is 154 Å². The van der Waals surface area contributed by atoms with Crippen molar-refractivity contribution in [2.45, 2.75) is 64.7 Å². The van der Waals surface area contributed by atoms with Crippen molar-refractivity contribution in [2.24, 2.45) is 4.99 Å². The van der Waals surface area contributed by atoms with Crippen molar-refractivity contribution in [1.29, 1.82) is 0 Å². The van der Waals surface area contributed by atoms with Gasteiger partial charge in [0.05, 0.1) is 13.0 Å². The first-order valence-electron chi connectivity index (χ1n) is 8.18. The van der Waals surface area contributed by atoms with Crippen LogP contribution in [0.25, 0.3) is 0 Å². The van der Waals surface area contributed by atoms with Gasteiger partial charge in [-0.3, -0.25) is 9.89 Å². The minimum Gasteiger partial charge on any atom is -0.357 e. The quantitative estimate of drug-likeness (QED) is 0.371. The number of halogens is 4. The average Bonchev–Trinajstić information content (AvgIpc) is 2.43. The van der Waals surface area contributed by atoms with E-state index in [1.807, 2.05) is 6.92 Å². The Morgan fingerprint density at radius 3 is 2.57 bits per heavy atom. The molecule has 8 heteroatoms. The van der Waals surface area contributed by atoms with E-state index in [1.54, 1.807) is 0 Å². The van der Waals surface area contributed by atoms with Gasteiger partial charge in [-0.1, -0.05) is 6.42 Å². The zero-order chi connectivity index (χ0) is 16.6. The molecule has 0 spiro atoms. The van der Waals surface area contributed by atoms with Gasteiger partial charge in [-0.25, -0.2) is 0 Å². The van der Waals surface area contributed by atoms with Crippen molar-refractivity contribution in [3.63, 3.8) is 0 Å². The first-order chi connectivity index (χ1) is 10.3. The second-order valence-corrected chi connectivity index (χ2v) is 5.94. The summed E-state index contributed by atoms with van der Waals surface area (Å²) in [4.78, 5) is 6.86. The van der Waals surface area contributed by atoms with Crippen LogP contribution in [0.2, 0.25) is 0 Å². The van der Waals surface area contributed by atoms with Crippen LogP contribution in [0, 0.1) is 0 Å². The number of likely N-dealkylation sites (tertiary alicyclic amines) is 1. The van der Waals surface area contributed by atoms with Gasteiger partial charge in [0.1, 0.15) is 0 Å². The highest BCUT2D eigenvalue weighted by Crippen LogP contribution is 2.19. The molecule has 1 rings (SSSR count). The third-order valence-electron chi connectivity index (χ3n) is 3.98. The van der Waals surface area contributed by atoms with Gasteiger partial charge in [-0.15, -0.1) is 24.0 Å².